The van der Waals surface area contributed by atoms with E-state index in [0.29, 0.717) is 5.56 Å². The minimum absolute atomic E-state index is 0.443. The molecule has 2 unspecified atom stereocenters. The van der Waals surface area contributed by atoms with Crippen LogP contribution in [0.3, 0.4) is 0 Å². The molecule has 0 radical (unpaired) electrons. The van der Waals surface area contributed by atoms with Gasteiger partial charge in [-0.2, -0.15) is 0 Å². The molecule has 0 aromatic heterocycles. The van der Waals surface area contributed by atoms with E-state index in [0.717, 1.165) is 0 Å². The zero-order valence-electron chi connectivity index (χ0n) is 18.7. The topological polar surface area (TPSA) is 162 Å². The van der Waals surface area contributed by atoms with Crippen molar-refractivity contribution in [3.05, 3.63) is 35.9 Å². The predicted molar refractivity (Wildman–Crippen MR) is 128 cm³/mol. The van der Waals surface area contributed by atoms with Crippen molar-refractivity contribution in [2.45, 2.75) is 52.4 Å². The minimum Gasteiger partial charge on any atom is -0.350 e. The summed E-state index contributed by atoms with van der Waals surface area (Å²) in [6, 6.07) is 8.50. The van der Waals surface area contributed by atoms with Crippen LogP contribution in [-0.4, -0.2) is 57.1 Å². The molecule has 0 fully saturated rings. The van der Waals surface area contributed by atoms with Crippen LogP contribution in [0.2, 0.25) is 0 Å². The van der Waals surface area contributed by atoms with Gasteiger partial charge in [-0.1, -0.05) is 71.9 Å². The monoisotopic (exact) mass is 516 g/mol. The predicted octanol–water partition coefficient (Wildman–Crippen LogP) is 3.52. The molecule has 180 valence electrons. The number of hydrogen-bond acceptors (Lipinski definition) is 8. The molecule has 2 atom stereocenters. The SMILES string of the molecule is CC(C)(C)C(P(O)O)C(CP(O)O)(CP(O)O)C(c1ccccc1)(P(O)O)C(C)(C)C. The lowest BCUT2D eigenvalue weighted by molar-refractivity contribution is 0.0602. The first-order chi connectivity index (χ1) is 13.9. The van der Waals surface area contributed by atoms with E-state index in [1.54, 1.807) is 71.9 Å². The molecule has 0 heterocycles. The van der Waals surface area contributed by atoms with Gasteiger partial charge >= 0.3 is 0 Å². The molecule has 0 spiro atoms. The van der Waals surface area contributed by atoms with Crippen LogP contribution >= 0.6 is 33.5 Å². The van der Waals surface area contributed by atoms with Gasteiger partial charge in [-0.05, 0) is 16.4 Å². The Morgan fingerprint density at radius 2 is 1.13 bits per heavy atom. The van der Waals surface area contributed by atoms with Gasteiger partial charge in [-0.3, -0.25) is 0 Å². The Balaban J connectivity index is 4.33. The summed E-state index contributed by atoms with van der Waals surface area (Å²) in [5, 5.41) is -1.67. The van der Waals surface area contributed by atoms with Crippen LogP contribution in [0.25, 0.3) is 0 Å². The number of benzene rings is 1. The maximum atomic E-state index is 11.1. The minimum atomic E-state index is -2.90. The fourth-order valence-electron chi connectivity index (χ4n) is 5.31. The summed E-state index contributed by atoms with van der Waals surface area (Å²) in [6.07, 6.45) is -0.924. The zero-order chi connectivity index (χ0) is 24.4. The molecular formula is C19H36O8P4. The molecule has 1 aromatic rings. The first-order valence-electron chi connectivity index (χ1n) is 9.66. The Morgan fingerprint density at radius 1 is 0.710 bits per heavy atom. The van der Waals surface area contributed by atoms with Crippen molar-refractivity contribution in [1.29, 1.82) is 0 Å². The standard InChI is InChI=1S/C19H36O8P4/c1-16(2,3)15(30(24)25)18(12-28(20)21,13-29(22)23)19(31(26)27,17(4,5)6)14-10-8-7-9-11-14/h7-11,15,20-27H,12-13H2,1-6H3. The van der Waals surface area contributed by atoms with Gasteiger partial charge in [0.25, 0.3) is 0 Å². The Kier molecular flexibility index (Phi) is 10.4. The van der Waals surface area contributed by atoms with E-state index in [-0.39, 0.29) is 0 Å². The number of hydrogen-bond donors (Lipinski definition) is 8. The lowest BCUT2D eigenvalue weighted by atomic mass is 9.57. The van der Waals surface area contributed by atoms with E-state index in [4.69, 9.17) is 0 Å². The smallest absolute Gasteiger partial charge is 0.177 e. The number of rotatable bonds is 9. The van der Waals surface area contributed by atoms with Crippen LogP contribution in [-0.2, 0) is 5.16 Å². The van der Waals surface area contributed by atoms with Crippen LogP contribution in [0, 0.1) is 16.2 Å². The lowest BCUT2D eigenvalue weighted by Gasteiger charge is -2.62. The van der Waals surface area contributed by atoms with Crippen molar-refractivity contribution in [3.63, 3.8) is 0 Å². The second kappa shape index (κ2) is 10.9. The third-order valence-electron chi connectivity index (χ3n) is 5.72. The first-order valence-corrected chi connectivity index (χ1v) is 15.1. The third-order valence-corrected chi connectivity index (χ3v) is 11.1. The van der Waals surface area contributed by atoms with Crippen molar-refractivity contribution in [1.82, 2.24) is 0 Å². The fraction of sp³-hybridized carbons (Fsp3) is 0.684. The van der Waals surface area contributed by atoms with Crippen LogP contribution in [0.1, 0.15) is 47.1 Å². The summed E-state index contributed by atoms with van der Waals surface area (Å²) < 4.78 is 0. The molecule has 0 aliphatic heterocycles. The van der Waals surface area contributed by atoms with Crippen molar-refractivity contribution >= 4 is 33.5 Å². The average Bonchev–Trinajstić information content (AvgIpc) is 2.51. The molecular weight excluding hydrogens is 480 g/mol. The fourth-order valence-corrected chi connectivity index (χ4v) is 11.4. The van der Waals surface area contributed by atoms with Gasteiger partial charge in [-0.15, -0.1) is 0 Å². The molecule has 1 rings (SSSR count). The quantitative estimate of drug-likeness (QED) is 0.231. The molecule has 0 saturated heterocycles. The molecule has 0 aliphatic rings. The summed E-state index contributed by atoms with van der Waals surface area (Å²) in [4.78, 5) is 84.2. The van der Waals surface area contributed by atoms with Crippen molar-refractivity contribution < 1.29 is 39.1 Å². The van der Waals surface area contributed by atoms with E-state index >= 15 is 0 Å². The molecule has 8 nitrogen and oxygen atoms in total. The maximum absolute atomic E-state index is 11.1. The van der Waals surface area contributed by atoms with E-state index in [9.17, 15) is 39.1 Å². The van der Waals surface area contributed by atoms with E-state index in [1.165, 1.54) is 0 Å². The Bertz CT molecular complexity index is 678. The highest BCUT2D eigenvalue weighted by molar-refractivity contribution is 7.49. The van der Waals surface area contributed by atoms with Crippen molar-refractivity contribution in [2.75, 3.05) is 12.3 Å². The van der Waals surface area contributed by atoms with Gasteiger partial charge in [0.05, 0.1) is 5.16 Å². The molecule has 1 aromatic carbocycles. The summed E-state index contributed by atoms with van der Waals surface area (Å²) in [5.74, 6) is 0. The lowest BCUT2D eigenvalue weighted by Crippen LogP contribution is -2.63. The molecule has 12 heteroatoms. The van der Waals surface area contributed by atoms with E-state index in [1.807, 2.05) is 0 Å². The molecule has 0 amide bonds. The molecule has 0 bridgehead atoms. The molecule has 0 saturated carbocycles. The van der Waals surface area contributed by atoms with Gasteiger partial charge < -0.3 is 39.1 Å². The van der Waals surface area contributed by atoms with Gasteiger partial charge in [0.15, 0.2) is 33.5 Å². The molecule has 31 heavy (non-hydrogen) atoms. The molecule has 0 aliphatic carbocycles. The average molecular weight is 516 g/mol. The highest BCUT2D eigenvalue weighted by Gasteiger charge is 2.69. The first kappa shape index (κ1) is 29.7. The van der Waals surface area contributed by atoms with Gasteiger partial charge in [0, 0.05) is 23.4 Å². The Hall–Kier alpha value is 0.620. The van der Waals surface area contributed by atoms with E-state index < -0.39 is 72.9 Å². The zero-order valence-corrected chi connectivity index (χ0v) is 22.3. The summed E-state index contributed by atoms with van der Waals surface area (Å²) in [5.41, 5.74) is -4.22. The van der Waals surface area contributed by atoms with Gasteiger partial charge in [-0.25, -0.2) is 0 Å². The van der Waals surface area contributed by atoms with E-state index in [2.05, 4.69) is 0 Å². The largest absolute Gasteiger partial charge is 0.350 e. The van der Waals surface area contributed by atoms with Gasteiger partial charge in [0.2, 0.25) is 0 Å². The van der Waals surface area contributed by atoms with Gasteiger partial charge in [0.1, 0.15) is 0 Å². The highest BCUT2D eigenvalue weighted by atomic mass is 31.2. The summed E-state index contributed by atoms with van der Waals surface area (Å²) in [6.45, 7) is 10.5. The van der Waals surface area contributed by atoms with Crippen LogP contribution < -0.4 is 0 Å². The Morgan fingerprint density at radius 3 is 1.39 bits per heavy atom. The van der Waals surface area contributed by atoms with Crippen LogP contribution in [0.4, 0.5) is 0 Å². The maximum Gasteiger partial charge on any atom is 0.177 e. The van der Waals surface area contributed by atoms with Crippen molar-refractivity contribution in [2.24, 2.45) is 16.2 Å². The van der Waals surface area contributed by atoms with Crippen LogP contribution in [0.15, 0.2) is 30.3 Å². The molecule has 8 N–H and O–H groups in total. The van der Waals surface area contributed by atoms with Crippen molar-refractivity contribution in [3.8, 4) is 0 Å². The highest BCUT2D eigenvalue weighted by Crippen LogP contribution is 2.76. The van der Waals surface area contributed by atoms with Crippen LogP contribution in [0.5, 0.6) is 0 Å². The Labute approximate surface area is 189 Å². The second-order valence-electron chi connectivity index (χ2n) is 9.92. The summed E-state index contributed by atoms with van der Waals surface area (Å²) in [7, 11) is -11.0. The second-order valence-corrected chi connectivity index (χ2v) is 14.5. The normalized spacial score (nSPS) is 17.0. The third kappa shape index (κ3) is 6.01. The summed E-state index contributed by atoms with van der Waals surface area (Å²) >= 11 is 0.